The second-order valence-electron chi connectivity index (χ2n) is 7.32. The predicted octanol–water partition coefficient (Wildman–Crippen LogP) is 2.58. The van der Waals surface area contributed by atoms with Gasteiger partial charge in [0.05, 0.1) is 6.61 Å². The van der Waals surface area contributed by atoms with Crippen LogP contribution in [0.5, 0.6) is 0 Å². The molecular weight excluding hydrogens is 459 g/mol. The fourth-order valence-corrected chi connectivity index (χ4v) is 9.65. The molecule has 0 heterocycles. The van der Waals surface area contributed by atoms with Crippen molar-refractivity contribution in [1.82, 2.24) is 0 Å². The van der Waals surface area contributed by atoms with Crippen LogP contribution in [0.1, 0.15) is 19.8 Å². The summed E-state index contributed by atoms with van der Waals surface area (Å²) in [6.07, 6.45) is -1.01. The van der Waals surface area contributed by atoms with Crippen LogP contribution in [0.25, 0.3) is 0 Å². The topological polar surface area (TPSA) is 83.5 Å². The smallest absolute Gasteiger partial charge is 0.375 e. The quantitative estimate of drug-likeness (QED) is 0.192. The van der Waals surface area contributed by atoms with Crippen LogP contribution in [-0.2, 0) is 19.1 Å². The van der Waals surface area contributed by atoms with Gasteiger partial charge in [0.1, 0.15) is 15.9 Å². The zero-order chi connectivity index (χ0) is 23.9. The molecule has 3 aromatic rings. The number of carbonyl (C=O) groups is 3. The van der Waals surface area contributed by atoms with Gasteiger partial charge in [0, 0.05) is 12.4 Å². The highest BCUT2D eigenvalue weighted by Crippen LogP contribution is 2.68. The van der Waals surface area contributed by atoms with Crippen molar-refractivity contribution in [2.45, 2.75) is 24.4 Å². The lowest BCUT2D eigenvalue weighted by Crippen LogP contribution is -2.54. The zero-order valence-corrected chi connectivity index (χ0v) is 19.8. The Morgan fingerprint density at radius 2 is 1.18 bits per heavy atom. The zero-order valence-electron chi connectivity index (χ0n) is 18.1. The van der Waals surface area contributed by atoms with Crippen molar-refractivity contribution in [3.05, 3.63) is 91.0 Å². The second kappa shape index (κ2) is 10.7. The summed E-state index contributed by atoms with van der Waals surface area (Å²) < 4.78 is 3.20. The fraction of sp³-hybridized carbons (Fsp3) is 0.192. The highest BCUT2D eigenvalue weighted by atomic mass is 35.5. The van der Waals surface area contributed by atoms with Crippen LogP contribution < -0.4 is 21.0 Å². The Labute approximate surface area is 198 Å². The van der Waals surface area contributed by atoms with E-state index in [-0.39, 0.29) is 6.61 Å². The van der Waals surface area contributed by atoms with Crippen LogP contribution in [0.15, 0.2) is 91.0 Å². The van der Waals surface area contributed by atoms with Crippen LogP contribution in [0.3, 0.4) is 0 Å². The van der Waals surface area contributed by atoms with Gasteiger partial charge in [-0.15, -0.1) is 0 Å². The van der Waals surface area contributed by atoms with Gasteiger partial charge >= 0.3 is 10.6 Å². The molecular formula is C26H24ClO5P. The summed E-state index contributed by atoms with van der Waals surface area (Å²) in [5, 5.41) is 13.3. The van der Waals surface area contributed by atoms with E-state index in [0.29, 0.717) is 15.9 Å². The van der Waals surface area contributed by atoms with Crippen molar-refractivity contribution in [2.24, 2.45) is 0 Å². The van der Waals surface area contributed by atoms with Crippen LogP contribution in [0.2, 0.25) is 0 Å². The minimum Gasteiger partial charge on any atom is -0.550 e. The second-order valence-corrected chi connectivity index (χ2v) is 11.7. The normalized spacial score (nSPS) is 13.0. The highest BCUT2D eigenvalue weighted by Gasteiger charge is 2.71. The average Bonchev–Trinajstić information content (AvgIpc) is 2.85. The molecule has 0 fully saturated rings. The molecule has 0 spiro atoms. The first-order chi connectivity index (χ1) is 15.9. The summed E-state index contributed by atoms with van der Waals surface area (Å²) >= 11 is 7.24. The predicted molar refractivity (Wildman–Crippen MR) is 130 cm³/mol. The molecule has 0 amide bonds. The number of carboxylic acid groups (broad SMARTS) is 1. The van der Waals surface area contributed by atoms with Gasteiger partial charge in [-0.1, -0.05) is 66.2 Å². The number of rotatable bonds is 10. The van der Waals surface area contributed by atoms with Gasteiger partial charge in [0.2, 0.25) is 5.78 Å². The Kier molecular flexibility index (Phi) is 8.01. The van der Waals surface area contributed by atoms with Crippen molar-refractivity contribution >= 4 is 52.5 Å². The number of alkyl halides is 1. The van der Waals surface area contributed by atoms with E-state index in [2.05, 4.69) is 0 Å². The number of ether oxygens (including phenoxy) is 1. The number of esters is 1. The molecule has 3 rings (SSSR count). The van der Waals surface area contributed by atoms with Crippen molar-refractivity contribution in [3.63, 3.8) is 0 Å². The van der Waals surface area contributed by atoms with E-state index >= 15 is 0 Å². The van der Waals surface area contributed by atoms with Crippen molar-refractivity contribution in [1.29, 1.82) is 0 Å². The first-order valence-corrected chi connectivity index (χ1v) is 12.7. The number of hydrogen-bond acceptors (Lipinski definition) is 5. The number of ketones is 1. The molecule has 0 aliphatic carbocycles. The molecule has 1 unspecified atom stereocenters. The molecule has 3 aromatic carbocycles. The third-order valence-electron chi connectivity index (χ3n) is 5.36. The number of carboxylic acids is 1. The summed E-state index contributed by atoms with van der Waals surface area (Å²) in [4.78, 5) is 38.5. The molecule has 0 aliphatic heterocycles. The Bertz CT molecular complexity index is 1010. The third kappa shape index (κ3) is 4.57. The van der Waals surface area contributed by atoms with E-state index in [1.54, 1.807) is 6.92 Å². The molecule has 33 heavy (non-hydrogen) atoms. The summed E-state index contributed by atoms with van der Waals surface area (Å²) in [5.74, 6) is -2.99. The monoisotopic (exact) mass is 482 g/mol. The summed E-state index contributed by atoms with van der Waals surface area (Å²) in [6.45, 7) is 1.65. The Morgan fingerprint density at radius 3 is 1.52 bits per heavy atom. The van der Waals surface area contributed by atoms with Crippen LogP contribution in [0, 0.1) is 0 Å². The molecule has 0 N–H and O–H groups in total. The maximum absolute atomic E-state index is 13.8. The van der Waals surface area contributed by atoms with Crippen LogP contribution >= 0.6 is 18.9 Å². The van der Waals surface area contributed by atoms with Gasteiger partial charge in [0.15, 0.2) is 7.26 Å². The third-order valence-corrected chi connectivity index (χ3v) is 11.1. The number of hydrogen-bond donors (Lipinski definition) is 0. The minimum atomic E-state index is -3.25. The fourth-order valence-electron chi connectivity index (χ4n) is 3.98. The number of carbonyl (C=O) groups excluding carboxylic acids is 3. The Hall–Kier alpha value is -3.01. The maximum atomic E-state index is 13.8. The van der Waals surface area contributed by atoms with Crippen LogP contribution in [-0.4, -0.2) is 28.9 Å². The molecule has 0 saturated carbocycles. The van der Waals surface area contributed by atoms with E-state index in [4.69, 9.17) is 16.3 Å². The molecule has 7 heteroatoms. The van der Waals surface area contributed by atoms with Gasteiger partial charge < -0.3 is 14.6 Å². The average molecular weight is 483 g/mol. The highest BCUT2D eigenvalue weighted by molar-refractivity contribution is 7.99. The largest absolute Gasteiger partial charge is 0.550 e. The van der Waals surface area contributed by atoms with E-state index < -0.39 is 42.4 Å². The van der Waals surface area contributed by atoms with Crippen LogP contribution in [0.4, 0.5) is 0 Å². The Balaban J connectivity index is 2.46. The standard InChI is InChI=1S/C26H24ClO5P/c1-2-32-25(31)26(27,23(28)18-19-24(29)30)33(20-12-6-3-7-13-20,21-14-8-4-9-15-21)22-16-10-5-11-17-22/h3-17H,2,18-19H2,1H3. The number of halogens is 1. The first-order valence-electron chi connectivity index (χ1n) is 10.5. The molecule has 0 radical (unpaired) electrons. The van der Waals surface area contributed by atoms with Crippen molar-refractivity contribution in [3.8, 4) is 0 Å². The van der Waals surface area contributed by atoms with Gasteiger partial charge in [-0.25, -0.2) is 4.79 Å². The molecule has 1 atom stereocenters. The molecule has 0 saturated heterocycles. The number of benzene rings is 3. The molecule has 0 aliphatic rings. The Morgan fingerprint density at radius 1 is 0.788 bits per heavy atom. The van der Waals surface area contributed by atoms with Gasteiger partial charge in [-0.2, -0.15) is 0 Å². The summed E-state index contributed by atoms with van der Waals surface area (Å²) in [5.41, 5.74) is 0. The lowest BCUT2D eigenvalue weighted by atomic mass is 10.1. The number of aliphatic carboxylic acids is 1. The first kappa shape index (κ1) is 24.6. The van der Waals surface area contributed by atoms with Crippen molar-refractivity contribution in [2.75, 3.05) is 6.61 Å². The lowest BCUT2D eigenvalue weighted by molar-refractivity contribution is -0.305. The molecule has 5 nitrogen and oxygen atoms in total. The van der Waals surface area contributed by atoms with Crippen molar-refractivity contribution < 1.29 is 24.2 Å². The summed E-state index contributed by atoms with van der Waals surface area (Å²) in [7, 11) is -3.25. The van der Waals surface area contributed by atoms with E-state index in [9.17, 15) is 19.5 Å². The van der Waals surface area contributed by atoms with E-state index in [1.165, 1.54) is 0 Å². The SMILES string of the molecule is CCOC(=O)C(Cl)(C(=O)CCC(=O)[O-])[P+](c1ccccc1)(c1ccccc1)c1ccccc1. The lowest BCUT2D eigenvalue weighted by Gasteiger charge is -2.37. The van der Waals surface area contributed by atoms with E-state index in [1.807, 2.05) is 91.0 Å². The van der Waals surface area contributed by atoms with Gasteiger partial charge in [-0.05, 0) is 49.7 Å². The molecule has 0 bridgehead atoms. The molecule has 170 valence electrons. The molecule has 0 aromatic heterocycles. The van der Waals surface area contributed by atoms with E-state index in [0.717, 1.165) is 0 Å². The van der Waals surface area contributed by atoms with Gasteiger partial charge in [-0.3, -0.25) is 4.79 Å². The minimum absolute atomic E-state index is 0.0133. The van der Waals surface area contributed by atoms with Gasteiger partial charge in [0.25, 0.3) is 0 Å². The summed E-state index contributed by atoms with van der Waals surface area (Å²) in [6, 6.07) is 27.5. The maximum Gasteiger partial charge on any atom is 0.375 e. The number of Topliss-reactive ketones (excluding diaryl/α,β-unsaturated/α-hetero) is 1.